The first-order valence-corrected chi connectivity index (χ1v) is 12.9. The maximum absolute atomic E-state index is 13.0. The van der Waals surface area contributed by atoms with Crippen molar-refractivity contribution in [2.24, 2.45) is 13.0 Å². The van der Waals surface area contributed by atoms with Crippen LogP contribution in [0.5, 0.6) is 0 Å². The van der Waals surface area contributed by atoms with Crippen LogP contribution in [0.2, 0.25) is 5.02 Å². The maximum Gasteiger partial charge on any atom is 0.269 e. The normalized spacial score (nSPS) is 10.9. The second kappa shape index (κ2) is 12.0. The summed E-state index contributed by atoms with van der Waals surface area (Å²) < 4.78 is 1.75. The van der Waals surface area contributed by atoms with E-state index in [9.17, 15) is 24.5 Å². The van der Waals surface area contributed by atoms with Gasteiger partial charge in [-0.15, -0.1) is 0 Å². The fraction of sp³-hybridized carbons (Fsp3) is 0.207. The molecule has 0 aliphatic carbocycles. The second-order valence-corrected chi connectivity index (χ2v) is 10.0. The lowest BCUT2D eigenvalue weighted by atomic mass is 10.1. The first kappa shape index (κ1) is 28.3. The van der Waals surface area contributed by atoms with Gasteiger partial charge in [0.25, 0.3) is 17.5 Å². The van der Waals surface area contributed by atoms with Gasteiger partial charge in [-0.25, -0.2) is 0 Å². The number of rotatable bonds is 9. The highest BCUT2D eigenvalue weighted by Crippen LogP contribution is 2.25. The number of nitro groups is 1. The number of aromatic nitrogens is 1. The third-order valence-electron chi connectivity index (χ3n) is 6.40. The van der Waals surface area contributed by atoms with Crippen molar-refractivity contribution in [1.82, 2.24) is 15.2 Å². The van der Waals surface area contributed by atoms with E-state index in [0.717, 1.165) is 22.0 Å². The predicted molar refractivity (Wildman–Crippen MR) is 153 cm³/mol. The number of nitro benzene ring substituents is 1. The number of hydrogen-bond donors (Lipinski definition) is 3. The molecule has 0 saturated carbocycles. The van der Waals surface area contributed by atoms with Crippen molar-refractivity contribution in [3.05, 3.63) is 104 Å². The smallest absolute Gasteiger partial charge is 0.269 e. The van der Waals surface area contributed by atoms with Gasteiger partial charge in [-0.2, -0.15) is 0 Å². The highest BCUT2D eigenvalue weighted by Gasteiger charge is 2.16. The van der Waals surface area contributed by atoms with E-state index in [4.69, 9.17) is 11.6 Å². The van der Waals surface area contributed by atoms with Crippen LogP contribution in [0.25, 0.3) is 10.9 Å². The third-order valence-corrected chi connectivity index (χ3v) is 6.73. The summed E-state index contributed by atoms with van der Waals surface area (Å²) in [4.78, 5) is 48.2. The van der Waals surface area contributed by atoms with Crippen LogP contribution in [0.3, 0.4) is 0 Å². The lowest BCUT2D eigenvalue weighted by Crippen LogP contribution is -2.27. The summed E-state index contributed by atoms with van der Waals surface area (Å²) in [5.74, 6) is -0.949. The Bertz CT molecular complexity index is 1610. The molecule has 0 aliphatic rings. The summed E-state index contributed by atoms with van der Waals surface area (Å²) in [7, 11) is 1.77. The molecular weight excluding hydrogens is 534 g/mol. The Labute approximate surface area is 235 Å². The van der Waals surface area contributed by atoms with Crippen LogP contribution in [0, 0.1) is 16.0 Å². The van der Waals surface area contributed by atoms with Crippen molar-refractivity contribution < 1.29 is 19.3 Å². The van der Waals surface area contributed by atoms with Gasteiger partial charge in [-0.1, -0.05) is 43.6 Å². The number of fused-ring (bicyclic) bond motifs is 1. The molecule has 1 aromatic heterocycles. The minimum Gasteiger partial charge on any atom is -0.352 e. The summed E-state index contributed by atoms with van der Waals surface area (Å²) in [5, 5.41) is 20.4. The largest absolute Gasteiger partial charge is 0.352 e. The number of amides is 3. The number of halogens is 1. The van der Waals surface area contributed by atoms with E-state index in [1.54, 1.807) is 80.1 Å². The predicted octanol–water partition coefficient (Wildman–Crippen LogP) is 5.19. The average molecular weight is 562 g/mol. The molecule has 40 heavy (non-hydrogen) atoms. The van der Waals surface area contributed by atoms with Gasteiger partial charge in [0.2, 0.25) is 5.91 Å². The number of anilines is 1. The molecule has 0 fully saturated rings. The molecule has 4 rings (SSSR count). The van der Waals surface area contributed by atoms with Crippen LogP contribution in [0.1, 0.15) is 45.8 Å². The molecule has 0 spiro atoms. The van der Waals surface area contributed by atoms with Gasteiger partial charge in [-0.05, 0) is 47.5 Å². The summed E-state index contributed by atoms with van der Waals surface area (Å²) in [6, 6.07) is 18.0. The quantitative estimate of drug-likeness (QED) is 0.191. The van der Waals surface area contributed by atoms with E-state index in [0.29, 0.717) is 11.4 Å². The molecule has 10 nitrogen and oxygen atoms in total. The van der Waals surface area contributed by atoms with E-state index in [1.807, 2.05) is 0 Å². The van der Waals surface area contributed by atoms with E-state index >= 15 is 0 Å². The van der Waals surface area contributed by atoms with Gasteiger partial charge in [0.15, 0.2) is 0 Å². The molecule has 0 radical (unpaired) electrons. The monoisotopic (exact) mass is 561 g/mol. The van der Waals surface area contributed by atoms with E-state index in [2.05, 4.69) is 16.0 Å². The number of aryl methyl sites for hydroxylation is 1. The van der Waals surface area contributed by atoms with Crippen LogP contribution < -0.4 is 16.0 Å². The molecule has 0 saturated heterocycles. The fourth-order valence-corrected chi connectivity index (χ4v) is 4.30. The summed E-state index contributed by atoms with van der Waals surface area (Å²) in [5.41, 5.74) is 3.46. The van der Waals surface area contributed by atoms with Crippen molar-refractivity contribution in [3.8, 4) is 0 Å². The molecule has 0 bridgehead atoms. The average Bonchev–Trinajstić information content (AvgIpc) is 3.26. The van der Waals surface area contributed by atoms with Crippen molar-refractivity contribution >= 4 is 51.6 Å². The number of carbonyl (C=O) groups excluding carboxylic acids is 3. The van der Waals surface area contributed by atoms with Crippen LogP contribution >= 0.6 is 11.6 Å². The molecule has 11 heteroatoms. The highest BCUT2D eigenvalue weighted by atomic mass is 35.5. The van der Waals surface area contributed by atoms with E-state index < -0.39 is 10.8 Å². The van der Waals surface area contributed by atoms with Gasteiger partial charge in [0.05, 0.1) is 15.5 Å². The third kappa shape index (κ3) is 6.47. The van der Waals surface area contributed by atoms with Gasteiger partial charge < -0.3 is 20.5 Å². The molecular formula is C29H28ClN5O5. The lowest BCUT2D eigenvalue weighted by Gasteiger charge is -2.11. The van der Waals surface area contributed by atoms with Crippen LogP contribution in [0.15, 0.2) is 66.7 Å². The van der Waals surface area contributed by atoms with Gasteiger partial charge in [0, 0.05) is 54.8 Å². The van der Waals surface area contributed by atoms with Crippen molar-refractivity contribution in [2.75, 3.05) is 5.32 Å². The summed E-state index contributed by atoms with van der Waals surface area (Å²) in [6.07, 6.45) is 0. The second-order valence-electron chi connectivity index (χ2n) is 9.61. The van der Waals surface area contributed by atoms with Crippen LogP contribution in [-0.2, 0) is 24.9 Å². The SMILES string of the molecule is CC(C)C(=O)NCc1ccc(Cl)c(C(=O)Nc2ccc3c(c2)cc(C(=O)NCc2ccc([N+](=O)[O-])cc2)n3C)c1. The van der Waals surface area contributed by atoms with Crippen LogP contribution in [0.4, 0.5) is 11.4 Å². The Balaban J connectivity index is 1.45. The van der Waals surface area contributed by atoms with E-state index in [1.165, 1.54) is 12.1 Å². The number of benzene rings is 3. The first-order valence-electron chi connectivity index (χ1n) is 12.5. The Morgan fingerprint density at radius 3 is 2.25 bits per heavy atom. The fourth-order valence-electron chi connectivity index (χ4n) is 4.10. The first-order chi connectivity index (χ1) is 19.0. The van der Waals surface area contributed by atoms with Crippen molar-refractivity contribution in [2.45, 2.75) is 26.9 Å². The Hall–Kier alpha value is -4.70. The standard InChI is InChI=1S/C29H28ClN5O5/c1-17(2)27(36)31-16-19-6-10-24(30)23(12-19)28(37)33-21-7-11-25-20(13-21)14-26(34(25)3)29(38)32-15-18-4-8-22(9-5-18)35(39)40/h4-14,17H,15-16H2,1-3H3,(H,31,36)(H,32,38)(H,33,37). The molecule has 1 heterocycles. The molecule has 0 aliphatic heterocycles. The Morgan fingerprint density at radius 2 is 1.57 bits per heavy atom. The maximum atomic E-state index is 13.0. The van der Waals surface area contributed by atoms with Gasteiger partial charge >= 0.3 is 0 Å². The molecule has 4 aromatic rings. The lowest BCUT2D eigenvalue weighted by molar-refractivity contribution is -0.384. The molecule has 3 amide bonds. The number of nitrogens with one attached hydrogen (secondary N) is 3. The van der Waals surface area contributed by atoms with Crippen molar-refractivity contribution in [3.63, 3.8) is 0 Å². The zero-order chi connectivity index (χ0) is 29.0. The molecule has 3 aromatic carbocycles. The number of hydrogen-bond acceptors (Lipinski definition) is 5. The van der Waals surface area contributed by atoms with Crippen molar-refractivity contribution in [1.29, 1.82) is 0 Å². The number of carbonyl (C=O) groups is 3. The Morgan fingerprint density at radius 1 is 0.900 bits per heavy atom. The zero-order valence-electron chi connectivity index (χ0n) is 22.2. The highest BCUT2D eigenvalue weighted by molar-refractivity contribution is 6.34. The topological polar surface area (TPSA) is 135 Å². The molecule has 3 N–H and O–H groups in total. The minimum atomic E-state index is -0.476. The van der Waals surface area contributed by atoms with Gasteiger partial charge in [-0.3, -0.25) is 24.5 Å². The summed E-state index contributed by atoms with van der Waals surface area (Å²) in [6.45, 7) is 4.09. The zero-order valence-corrected chi connectivity index (χ0v) is 22.9. The summed E-state index contributed by atoms with van der Waals surface area (Å²) >= 11 is 6.29. The molecule has 0 atom stereocenters. The molecule has 206 valence electrons. The molecule has 0 unspecified atom stereocenters. The van der Waals surface area contributed by atoms with Crippen LogP contribution in [-0.4, -0.2) is 27.2 Å². The minimum absolute atomic E-state index is 0.0169. The van der Waals surface area contributed by atoms with E-state index in [-0.39, 0.29) is 47.1 Å². The number of nitrogens with zero attached hydrogens (tertiary/aromatic N) is 2. The Kier molecular flexibility index (Phi) is 8.49. The number of non-ortho nitro benzene ring substituents is 1. The van der Waals surface area contributed by atoms with Gasteiger partial charge in [0.1, 0.15) is 5.69 Å².